The highest BCUT2D eigenvalue weighted by Gasteiger charge is 2.26. The zero-order chi connectivity index (χ0) is 14.5. The Bertz CT molecular complexity index is 141. The van der Waals surface area contributed by atoms with Crippen LogP contribution in [0.5, 0.6) is 0 Å². The second kappa shape index (κ2) is 11.7. The molecule has 0 saturated heterocycles. The molecule has 0 rings (SSSR count). The summed E-state index contributed by atoms with van der Waals surface area (Å²) >= 11 is 0. The normalized spacial score (nSPS) is 10.9. The van der Waals surface area contributed by atoms with E-state index in [1.54, 1.807) is 0 Å². The average molecular weight is 286 g/mol. The minimum absolute atomic E-state index is 0.913. The smallest absolute Gasteiger partial charge is 0.241 e. The standard InChI is InChI=1S/C3H4F4O.C2H2F4.CH2F2/c4-3(5,6)1-2-8-7;3-1-2(4,5)6;2-1-3/h1-2H2;1H2;1H2. The van der Waals surface area contributed by atoms with Gasteiger partial charge in [0.15, 0.2) is 6.67 Å². The van der Waals surface area contributed by atoms with Crippen molar-refractivity contribution in [2.45, 2.75) is 18.8 Å². The molecular weight excluding hydrogens is 278 g/mol. The lowest BCUT2D eigenvalue weighted by Crippen LogP contribution is -2.09. The van der Waals surface area contributed by atoms with Gasteiger partial charge in [0.25, 0.3) is 0 Å². The Morgan fingerprint density at radius 3 is 1.12 bits per heavy atom. The maximum absolute atomic E-state index is 11.0. The van der Waals surface area contributed by atoms with Crippen LogP contribution in [0.15, 0.2) is 0 Å². The van der Waals surface area contributed by atoms with Crippen LogP contribution in [0.2, 0.25) is 0 Å². The lowest BCUT2D eigenvalue weighted by molar-refractivity contribution is -0.188. The summed E-state index contributed by atoms with van der Waals surface area (Å²) in [6, 6.07) is 0. The molecule has 0 aromatic heterocycles. The van der Waals surface area contributed by atoms with Crippen LogP contribution in [0, 0.1) is 0 Å². The Balaban J connectivity index is -0.000000193. The van der Waals surface area contributed by atoms with E-state index in [0.717, 1.165) is 0 Å². The summed E-state index contributed by atoms with van der Waals surface area (Å²) in [6.07, 6.45) is -10.2. The van der Waals surface area contributed by atoms with Crippen molar-refractivity contribution in [1.29, 1.82) is 0 Å². The zero-order valence-corrected chi connectivity index (χ0v) is 8.02. The van der Waals surface area contributed by atoms with E-state index in [-0.39, 0.29) is 0 Å². The molecule has 1 nitrogen and oxygen atoms in total. The number of alkyl halides is 9. The molecule has 0 amide bonds. The van der Waals surface area contributed by atoms with Crippen molar-refractivity contribution in [3.63, 3.8) is 0 Å². The van der Waals surface area contributed by atoms with Gasteiger partial charge in [-0.3, -0.25) is 0 Å². The number of hydrogen-bond acceptors (Lipinski definition) is 1. The summed E-state index contributed by atoms with van der Waals surface area (Å²) in [6.45, 7) is -4.89. The molecule has 0 atom stereocenters. The fourth-order valence-electron chi connectivity index (χ4n) is 0.154. The lowest BCUT2D eigenvalue weighted by Gasteiger charge is -2.00. The van der Waals surface area contributed by atoms with E-state index in [4.69, 9.17) is 0 Å². The van der Waals surface area contributed by atoms with Crippen molar-refractivity contribution in [2.75, 3.05) is 20.2 Å². The van der Waals surface area contributed by atoms with Crippen LogP contribution in [0.1, 0.15) is 6.42 Å². The third-order valence-electron chi connectivity index (χ3n) is 0.614. The molecule has 0 radical (unpaired) electrons. The molecule has 0 aromatic carbocycles. The molecule has 0 N–H and O–H groups in total. The first-order valence-electron chi connectivity index (χ1n) is 3.59. The molecule has 17 heavy (non-hydrogen) atoms. The van der Waals surface area contributed by atoms with E-state index >= 15 is 0 Å². The first kappa shape index (κ1) is 21.5. The van der Waals surface area contributed by atoms with Gasteiger partial charge in [0.2, 0.25) is 6.93 Å². The number of hydrogen-bond donors (Lipinski definition) is 0. The minimum atomic E-state index is -4.62. The summed E-state index contributed by atoms with van der Waals surface area (Å²) in [5, 5.41) is 0. The van der Waals surface area contributed by atoms with Crippen LogP contribution in [0.3, 0.4) is 0 Å². The summed E-state index contributed by atoms with van der Waals surface area (Å²) in [7, 11) is 0. The van der Waals surface area contributed by atoms with Crippen LogP contribution in [0.4, 0.5) is 44.0 Å². The maximum atomic E-state index is 11.0. The second-order valence-electron chi connectivity index (χ2n) is 2.03. The highest BCUT2D eigenvalue weighted by molar-refractivity contribution is 4.45. The Morgan fingerprint density at radius 1 is 0.765 bits per heavy atom. The predicted molar refractivity (Wildman–Crippen MR) is 36.8 cm³/mol. The largest absolute Gasteiger partial charge is 0.416 e. The zero-order valence-electron chi connectivity index (χ0n) is 8.02. The average Bonchev–Trinajstić information content (AvgIpc) is 2.15. The topological polar surface area (TPSA) is 9.23 Å². The van der Waals surface area contributed by atoms with Crippen LogP contribution in [-0.2, 0) is 4.94 Å². The molecule has 108 valence electrons. The molecule has 0 aliphatic rings. The van der Waals surface area contributed by atoms with Crippen molar-refractivity contribution in [3.8, 4) is 0 Å². The molecule has 0 unspecified atom stereocenters. The van der Waals surface area contributed by atoms with Crippen molar-refractivity contribution in [3.05, 3.63) is 0 Å². The summed E-state index contributed by atoms with van der Waals surface area (Å²) in [5.41, 5.74) is 0. The molecule has 0 aliphatic carbocycles. The van der Waals surface area contributed by atoms with Crippen molar-refractivity contribution in [2.24, 2.45) is 0 Å². The van der Waals surface area contributed by atoms with E-state index in [2.05, 4.69) is 4.94 Å². The van der Waals surface area contributed by atoms with Crippen molar-refractivity contribution >= 4 is 0 Å². The van der Waals surface area contributed by atoms with Gasteiger partial charge >= 0.3 is 12.4 Å². The molecule has 0 spiro atoms. The Morgan fingerprint density at radius 2 is 1.06 bits per heavy atom. The number of halogens is 10. The first-order chi connectivity index (χ1) is 7.54. The highest BCUT2D eigenvalue weighted by atomic mass is 19.4. The highest BCUT2D eigenvalue weighted by Crippen LogP contribution is 2.18. The minimum Gasteiger partial charge on any atom is -0.241 e. The molecule has 0 saturated carbocycles. The third-order valence-corrected chi connectivity index (χ3v) is 0.614. The molecule has 0 bridgehead atoms. The number of rotatable bonds is 2. The first-order valence-corrected chi connectivity index (χ1v) is 3.59. The van der Waals surface area contributed by atoms with Gasteiger partial charge in [0, 0.05) is 0 Å². The van der Waals surface area contributed by atoms with Crippen LogP contribution >= 0.6 is 0 Å². The Labute approximate surface area is 89.2 Å². The molecule has 0 heterocycles. The molecule has 0 aromatic rings. The summed E-state index contributed by atoms with van der Waals surface area (Å²) in [5.74, 6) is 0. The van der Waals surface area contributed by atoms with Crippen LogP contribution in [-0.4, -0.2) is 32.6 Å². The predicted octanol–water partition coefficient (Wildman–Crippen LogP) is 4.24. The van der Waals surface area contributed by atoms with E-state index in [1.807, 2.05) is 0 Å². The Kier molecular flexibility index (Phi) is 14.9. The van der Waals surface area contributed by atoms with E-state index < -0.39 is 39.0 Å². The van der Waals surface area contributed by atoms with Crippen LogP contribution < -0.4 is 0 Å². The quantitative estimate of drug-likeness (QED) is 0.690. The van der Waals surface area contributed by atoms with E-state index in [9.17, 15) is 44.0 Å². The van der Waals surface area contributed by atoms with Crippen LogP contribution in [0.25, 0.3) is 0 Å². The van der Waals surface area contributed by atoms with Gasteiger partial charge in [-0.1, -0.05) is 0 Å². The maximum Gasteiger partial charge on any atom is 0.416 e. The van der Waals surface area contributed by atoms with Crippen molar-refractivity contribution < 1.29 is 49.0 Å². The van der Waals surface area contributed by atoms with Gasteiger partial charge in [-0.05, 0) is 4.53 Å². The molecule has 0 fully saturated rings. The van der Waals surface area contributed by atoms with Gasteiger partial charge < -0.3 is 0 Å². The molecular formula is C6H8F10O. The van der Waals surface area contributed by atoms with E-state index in [0.29, 0.717) is 0 Å². The van der Waals surface area contributed by atoms with Crippen molar-refractivity contribution in [1.82, 2.24) is 0 Å². The fraction of sp³-hybridized carbons (Fsp3) is 1.00. The van der Waals surface area contributed by atoms with Gasteiger partial charge in [0.1, 0.15) is 0 Å². The Hall–Kier alpha value is -0.740. The fourth-order valence-corrected chi connectivity index (χ4v) is 0.154. The monoisotopic (exact) mass is 286 g/mol. The van der Waals surface area contributed by atoms with Gasteiger partial charge in [-0.2, -0.15) is 31.3 Å². The summed E-state index contributed by atoms with van der Waals surface area (Å²) in [4.78, 5) is 2.70. The van der Waals surface area contributed by atoms with E-state index in [1.165, 1.54) is 0 Å². The van der Waals surface area contributed by atoms with Gasteiger partial charge in [-0.25, -0.2) is 13.2 Å². The third kappa shape index (κ3) is 50.9. The molecule has 11 heteroatoms. The lowest BCUT2D eigenvalue weighted by atomic mass is 10.5. The SMILES string of the molecule is FCC(F)(F)F.FCF.FOCCC(F)(F)F. The van der Waals surface area contributed by atoms with Gasteiger partial charge in [-0.15, -0.1) is 0 Å². The molecule has 0 aliphatic heterocycles. The van der Waals surface area contributed by atoms with Gasteiger partial charge in [0.05, 0.1) is 13.0 Å². The summed E-state index contributed by atoms with van der Waals surface area (Å²) < 4.78 is 104. The second-order valence-corrected chi connectivity index (χ2v) is 2.03.